The van der Waals surface area contributed by atoms with Crippen molar-refractivity contribution in [1.29, 1.82) is 0 Å². The van der Waals surface area contributed by atoms with E-state index >= 15 is 0 Å². The standard InChI is InChI=1S/C21H26N4O3.ClH/c1-5-25-17-7-6-8-19(28-4)16(17)13-18(25)21(26)23-15-9-10-20(22-14-15)24(2)11-12-27-3;/h6-10,13-14H,5,11-12H2,1-4H3,(H,23,26);1H. The molecule has 0 fully saturated rings. The maximum absolute atomic E-state index is 12.9. The summed E-state index contributed by atoms with van der Waals surface area (Å²) >= 11 is 0. The highest BCUT2D eigenvalue weighted by atomic mass is 35.5. The van der Waals surface area contributed by atoms with Crippen LogP contribution in [-0.2, 0) is 11.3 Å². The second-order valence-electron chi connectivity index (χ2n) is 6.44. The Labute approximate surface area is 177 Å². The van der Waals surface area contributed by atoms with Crippen molar-refractivity contribution in [2.75, 3.05) is 44.6 Å². The molecule has 1 aromatic carbocycles. The van der Waals surface area contributed by atoms with E-state index in [2.05, 4.69) is 10.3 Å². The van der Waals surface area contributed by atoms with Crippen LogP contribution < -0.4 is 15.0 Å². The number of carbonyl (C=O) groups excluding carboxylic acids is 1. The number of nitrogens with zero attached hydrogens (tertiary/aromatic N) is 3. The number of methoxy groups -OCH3 is 2. The zero-order valence-electron chi connectivity index (χ0n) is 17.1. The Bertz CT molecular complexity index is 956. The van der Waals surface area contributed by atoms with E-state index in [4.69, 9.17) is 9.47 Å². The molecule has 3 aromatic rings. The number of hydrogen-bond acceptors (Lipinski definition) is 5. The first-order valence-corrected chi connectivity index (χ1v) is 9.22. The zero-order chi connectivity index (χ0) is 20.1. The predicted molar refractivity (Wildman–Crippen MR) is 119 cm³/mol. The van der Waals surface area contributed by atoms with Gasteiger partial charge in [0, 0.05) is 32.6 Å². The van der Waals surface area contributed by atoms with Gasteiger partial charge in [-0.15, -0.1) is 12.4 Å². The fourth-order valence-electron chi connectivity index (χ4n) is 3.19. The van der Waals surface area contributed by atoms with Crippen molar-refractivity contribution in [1.82, 2.24) is 9.55 Å². The van der Waals surface area contributed by atoms with E-state index in [1.165, 1.54) is 0 Å². The topological polar surface area (TPSA) is 68.6 Å². The normalized spacial score (nSPS) is 10.5. The van der Waals surface area contributed by atoms with Gasteiger partial charge in [-0.1, -0.05) is 6.07 Å². The van der Waals surface area contributed by atoms with Crippen molar-refractivity contribution < 1.29 is 14.3 Å². The lowest BCUT2D eigenvalue weighted by molar-refractivity contribution is 0.101. The molecule has 0 bridgehead atoms. The molecule has 2 aromatic heterocycles. The minimum absolute atomic E-state index is 0. The smallest absolute Gasteiger partial charge is 0.272 e. The monoisotopic (exact) mass is 418 g/mol. The molecule has 3 rings (SSSR count). The first-order chi connectivity index (χ1) is 13.6. The number of benzene rings is 1. The van der Waals surface area contributed by atoms with Crippen molar-refractivity contribution in [3.8, 4) is 5.75 Å². The number of fused-ring (bicyclic) bond motifs is 1. The summed E-state index contributed by atoms with van der Waals surface area (Å²) in [4.78, 5) is 19.3. The van der Waals surface area contributed by atoms with Crippen LogP contribution in [0, 0.1) is 0 Å². The highest BCUT2D eigenvalue weighted by Crippen LogP contribution is 2.29. The van der Waals surface area contributed by atoms with E-state index in [0.717, 1.165) is 29.0 Å². The van der Waals surface area contributed by atoms with E-state index in [9.17, 15) is 4.79 Å². The van der Waals surface area contributed by atoms with Crippen LogP contribution in [-0.4, -0.2) is 49.9 Å². The molecule has 0 atom stereocenters. The van der Waals surface area contributed by atoms with Crippen LogP contribution in [0.3, 0.4) is 0 Å². The number of pyridine rings is 1. The summed E-state index contributed by atoms with van der Waals surface area (Å²) in [6.07, 6.45) is 1.66. The second-order valence-corrected chi connectivity index (χ2v) is 6.44. The third-order valence-corrected chi connectivity index (χ3v) is 4.70. The van der Waals surface area contributed by atoms with Gasteiger partial charge in [-0.3, -0.25) is 4.79 Å². The summed E-state index contributed by atoms with van der Waals surface area (Å²) in [5, 5.41) is 3.86. The summed E-state index contributed by atoms with van der Waals surface area (Å²) in [7, 11) is 5.26. The number of aromatic nitrogens is 2. The quantitative estimate of drug-likeness (QED) is 0.602. The molecular formula is C21H27ClN4O3. The lowest BCUT2D eigenvalue weighted by Crippen LogP contribution is -2.23. The molecule has 0 aliphatic heterocycles. The number of ether oxygens (including phenoxy) is 2. The van der Waals surface area contributed by atoms with Gasteiger partial charge in [-0.05, 0) is 37.3 Å². The molecule has 8 heteroatoms. The maximum atomic E-state index is 12.9. The van der Waals surface area contributed by atoms with Gasteiger partial charge in [-0.25, -0.2) is 4.98 Å². The number of anilines is 2. The molecule has 0 spiro atoms. The molecular weight excluding hydrogens is 392 g/mol. The van der Waals surface area contributed by atoms with Crippen LogP contribution in [0.25, 0.3) is 10.9 Å². The van der Waals surface area contributed by atoms with Crippen LogP contribution in [0.4, 0.5) is 11.5 Å². The van der Waals surface area contributed by atoms with E-state index < -0.39 is 0 Å². The van der Waals surface area contributed by atoms with Crippen molar-refractivity contribution in [2.45, 2.75) is 13.5 Å². The Morgan fingerprint density at radius 3 is 2.66 bits per heavy atom. The molecule has 7 nitrogen and oxygen atoms in total. The number of halogens is 1. The lowest BCUT2D eigenvalue weighted by Gasteiger charge is -2.17. The van der Waals surface area contributed by atoms with Gasteiger partial charge in [0.15, 0.2) is 0 Å². The third-order valence-electron chi connectivity index (χ3n) is 4.70. The maximum Gasteiger partial charge on any atom is 0.272 e. The highest BCUT2D eigenvalue weighted by Gasteiger charge is 2.17. The fraction of sp³-hybridized carbons (Fsp3) is 0.333. The minimum Gasteiger partial charge on any atom is -0.496 e. The first kappa shape index (κ1) is 22.5. The van der Waals surface area contributed by atoms with Crippen LogP contribution in [0.15, 0.2) is 42.6 Å². The molecule has 0 saturated carbocycles. The summed E-state index contributed by atoms with van der Waals surface area (Å²) in [5.41, 5.74) is 2.21. The van der Waals surface area contributed by atoms with Gasteiger partial charge < -0.3 is 24.3 Å². The molecule has 0 radical (unpaired) electrons. The van der Waals surface area contributed by atoms with Gasteiger partial charge in [0.25, 0.3) is 5.91 Å². The van der Waals surface area contributed by atoms with Gasteiger partial charge in [0.05, 0.1) is 31.1 Å². The van der Waals surface area contributed by atoms with Gasteiger partial charge in [0.2, 0.25) is 0 Å². The van der Waals surface area contributed by atoms with Crippen molar-refractivity contribution in [3.63, 3.8) is 0 Å². The summed E-state index contributed by atoms with van der Waals surface area (Å²) < 4.78 is 12.5. The average Bonchev–Trinajstić information content (AvgIpc) is 3.11. The minimum atomic E-state index is -0.178. The van der Waals surface area contributed by atoms with Gasteiger partial charge >= 0.3 is 0 Å². The molecule has 0 aliphatic rings. The number of amides is 1. The van der Waals surface area contributed by atoms with Crippen LogP contribution in [0.5, 0.6) is 5.75 Å². The molecule has 29 heavy (non-hydrogen) atoms. The highest BCUT2D eigenvalue weighted by molar-refractivity contribution is 6.07. The summed E-state index contributed by atoms with van der Waals surface area (Å²) in [6.45, 7) is 4.07. The fourth-order valence-corrected chi connectivity index (χ4v) is 3.19. The number of carbonyl (C=O) groups is 1. The van der Waals surface area contributed by atoms with Crippen molar-refractivity contribution in [2.24, 2.45) is 0 Å². The van der Waals surface area contributed by atoms with E-state index in [1.807, 2.05) is 59.8 Å². The van der Waals surface area contributed by atoms with Crippen LogP contribution >= 0.6 is 12.4 Å². The van der Waals surface area contributed by atoms with Crippen molar-refractivity contribution >= 4 is 40.7 Å². The van der Waals surface area contributed by atoms with Crippen molar-refractivity contribution in [3.05, 3.63) is 48.3 Å². The SMILES string of the molecule is CCn1c(C(=O)Nc2ccc(N(C)CCOC)nc2)cc2c(OC)cccc21.Cl. The molecule has 0 aliphatic carbocycles. The molecule has 2 heterocycles. The zero-order valence-corrected chi connectivity index (χ0v) is 18.0. The van der Waals surface area contributed by atoms with Gasteiger partial charge in [-0.2, -0.15) is 0 Å². The third kappa shape index (κ3) is 4.81. The van der Waals surface area contributed by atoms with Crippen LogP contribution in [0.1, 0.15) is 17.4 Å². The number of aryl methyl sites for hydroxylation is 1. The molecule has 1 amide bonds. The van der Waals surface area contributed by atoms with E-state index in [0.29, 0.717) is 24.5 Å². The number of hydrogen-bond donors (Lipinski definition) is 1. The van der Waals surface area contributed by atoms with E-state index in [-0.39, 0.29) is 18.3 Å². The molecule has 0 unspecified atom stereocenters. The van der Waals surface area contributed by atoms with Crippen LogP contribution in [0.2, 0.25) is 0 Å². The molecule has 1 N–H and O–H groups in total. The first-order valence-electron chi connectivity index (χ1n) is 9.22. The Kier molecular flexibility index (Phi) is 7.87. The Morgan fingerprint density at radius 2 is 2.03 bits per heavy atom. The number of nitrogens with one attached hydrogen (secondary N) is 1. The summed E-state index contributed by atoms with van der Waals surface area (Å²) in [6, 6.07) is 11.4. The lowest BCUT2D eigenvalue weighted by atomic mass is 10.2. The average molecular weight is 419 g/mol. The number of likely N-dealkylation sites (N-methyl/N-ethyl adjacent to an activating group) is 1. The van der Waals surface area contributed by atoms with Gasteiger partial charge in [0.1, 0.15) is 17.3 Å². The number of rotatable bonds is 8. The Morgan fingerprint density at radius 1 is 1.24 bits per heavy atom. The van der Waals surface area contributed by atoms with E-state index in [1.54, 1.807) is 20.4 Å². The predicted octanol–water partition coefficient (Wildman–Crippen LogP) is 3.82. The molecule has 156 valence electrons. The Balaban J connectivity index is 0.00000300. The summed E-state index contributed by atoms with van der Waals surface area (Å²) in [5.74, 6) is 1.40. The molecule has 0 saturated heterocycles. The second kappa shape index (κ2) is 10.1. The largest absolute Gasteiger partial charge is 0.496 e. The Hall–Kier alpha value is -2.77.